The number of hydrogen-bond acceptors (Lipinski definition) is 1. The maximum absolute atomic E-state index is 4.73. The summed E-state index contributed by atoms with van der Waals surface area (Å²) in [6, 6.07) is 0. The van der Waals surface area contributed by atoms with Gasteiger partial charge in [0.1, 0.15) is 4.99 Å². The van der Waals surface area contributed by atoms with Crippen LogP contribution in [0.1, 0.15) is 0 Å². The Morgan fingerprint density at radius 2 is 2.25 bits per heavy atom. The predicted molar refractivity (Wildman–Crippen MR) is 39.4 cm³/mol. The molecule has 0 aromatic heterocycles. The summed E-state index contributed by atoms with van der Waals surface area (Å²) in [5.41, 5.74) is 0.901. The average molecular weight is 123 g/mol. The molecule has 8 heavy (non-hydrogen) atoms. The van der Waals surface area contributed by atoms with E-state index >= 15 is 0 Å². The standard InChI is InChI=1S/C6H5NS/c1-5-2-3-6(8)7-4-5/h2-4H,1H2. The maximum atomic E-state index is 4.73. The molecule has 0 fully saturated rings. The molecule has 2 heteroatoms. The van der Waals surface area contributed by atoms with Crippen molar-refractivity contribution in [1.82, 2.24) is 0 Å². The molecule has 0 aliphatic carbocycles. The molecule has 0 N–H and O–H groups in total. The van der Waals surface area contributed by atoms with Crippen LogP contribution in [0.2, 0.25) is 0 Å². The quantitative estimate of drug-likeness (QED) is 0.445. The van der Waals surface area contributed by atoms with E-state index in [9.17, 15) is 0 Å². The molecule has 1 aliphatic heterocycles. The summed E-state index contributed by atoms with van der Waals surface area (Å²) >= 11 is 4.73. The predicted octanol–water partition coefficient (Wildman–Crippen LogP) is 1.51. The van der Waals surface area contributed by atoms with Crippen molar-refractivity contribution in [3.8, 4) is 0 Å². The lowest BCUT2D eigenvalue weighted by Gasteiger charge is -1.94. The fraction of sp³-hybridized carbons (Fsp3) is 0. The first-order valence-corrected chi connectivity index (χ1v) is 2.65. The molecule has 0 atom stereocenters. The van der Waals surface area contributed by atoms with Crippen LogP contribution in [0.3, 0.4) is 0 Å². The number of dihydropyridines is 1. The van der Waals surface area contributed by atoms with Gasteiger partial charge in [-0.25, -0.2) is 4.99 Å². The average Bonchev–Trinajstić information content (AvgIpc) is 1.77. The number of aliphatic imine (C=N–C) groups is 1. The van der Waals surface area contributed by atoms with Crippen LogP contribution in [0.5, 0.6) is 0 Å². The third kappa shape index (κ3) is 1.10. The fourth-order valence-electron chi connectivity index (χ4n) is 0.411. The van der Waals surface area contributed by atoms with Crippen LogP contribution in [0.25, 0.3) is 0 Å². The third-order valence-electron chi connectivity index (χ3n) is 0.798. The van der Waals surface area contributed by atoms with Crippen LogP contribution < -0.4 is 0 Å². The van der Waals surface area contributed by atoms with Crippen LogP contribution in [0, 0.1) is 0 Å². The highest BCUT2D eigenvalue weighted by atomic mass is 32.1. The van der Waals surface area contributed by atoms with E-state index < -0.39 is 0 Å². The Hall–Kier alpha value is -0.760. The number of nitrogens with zero attached hydrogens (tertiary/aromatic N) is 1. The van der Waals surface area contributed by atoms with E-state index in [0.717, 1.165) is 5.57 Å². The Labute approximate surface area is 53.4 Å². The van der Waals surface area contributed by atoms with Gasteiger partial charge in [0.2, 0.25) is 0 Å². The van der Waals surface area contributed by atoms with Gasteiger partial charge in [-0.05, 0) is 11.6 Å². The summed E-state index contributed by atoms with van der Waals surface area (Å²) in [6.07, 6.45) is 5.26. The minimum atomic E-state index is 0.623. The molecule has 40 valence electrons. The topological polar surface area (TPSA) is 12.4 Å². The van der Waals surface area contributed by atoms with Gasteiger partial charge in [-0.1, -0.05) is 24.9 Å². The molecular formula is C6H5NS. The molecule has 1 nitrogen and oxygen atoms in total. The highest BCUT2D eigenvalue weighted by molar-refractivity contribution is 7.80. The van der Waals surface area contributed by atoms with Gasteiger partial charge < -0.3 is 0 Å². The second kappa shape index (κ2) is 2.01. The fourth-order valence-corrected chi connectivity index (χ4v) is 0.532. The van der Waals surface area contributed by atoms with E-state index in [0.29, 0.717) is 4.99 Å². The maximum Gasteiger partial charge on any atom is 0.126 e. The Balaban J connectivity index is 2.83. The van der Waals surface area contributed by atoms with Gasteiger partial charge in [0, 0.05) is 6.21 Å². The molecule has 1 heterocycles. The lowest BCUT2D eigenvalue weighted by Crippen LogP contribution is -1.91. The summed E-state index contributed by atoms with van der Waals surface area (Å²) in [5, 5.41) is 0. The van der Waals surface area contributed by atoms with Crippen molar-refractivity contribution in [2.24, 2.45) is 4.99 Å². The van der Waals surface area contributed by atoms with Crippen LogP contribution in [0.15, 0.2) is 29.3 Å². The van der Waals surface area contributed by atoms with Gasteiger partial charge in [-0.2, -0.15) is 0 Å². The molecule has 1 aliphatic rings. The molecule has 0 aromatic rings. The zero-order valence-electron chi connectivity index (χ0n) is 4.29. The summed E-state index contributed by atoms with van der Waals surface area (Å²) in [4.78, 5) is 4.45. The highest BCUT2D eigenvalue weighted by Gasteiger charge is 1.90. The molecule has 0 radical (unpaired) electrons. The zero-order valence-corrected chi connectivity index (χ0v) is 5.11. The van der Waals surface area contributed by atoms with E-state index in [1.54, 1.807) is 12.3 Å². The minimum absolute atomic E-state index is 0.623. The van der Waals surface area contributed by atoms with Crippen LogP contribution >= 0.6 is 12.2 Å². The van der Waals surface area contributed by atoms with Crippen molar-refractivity contribution in [3.63, 3.8) is 0 Å². The molecule has 1 rings (SSSR count). The summed E-state index contributed by atoms with van der Waals surface area (Å²) < 4.78 is 0. The van der Waals surface area contributed by atoms with Gasteiger partial charge in [0.25, 0.3) is 0 Å². The smallest absolute Gasteiger partial charge is 0.126 e. The van der Waals surface area contributed by atoms with E-state index in [-0.39, 0.29) is 0 Å². The van der Waals surface area contributed by atoms with E-state index in [4.69, 9.17) is 12.2 Å². The molecule has 0 amide bonds. The van der Waals surface area contributed by atoms with Gasteiger partial charge in [-0.15, -0.1) is 0 Å². The molecule has 0 saturated carbocycles. The van der Waals surface area contributed by atoms with Crippen LogP contribution in [0.4, 0.5) is 0 Å². The highest BCUT2D eigenvalue weighted by Crippen LogP contribution is 1.97. The Bertz CT molecular complexity index is 151. The molecular weight excluding hydrogens is 118 g/mol. The van der Waals surface area contributed by atoms with Crippen molar-refractivity contribution in [2.45, 2.75) is 0 Å². The first kappa shape index (κ1) is 5.38. The van der Waals surface area contributed by atoms with Gasteiger partial charge in [-0.3, -0.25) is 0 Å². The number of rotatable bonds is 0. The van der Waals surface area contributed by atoms with E-state index in [2.05, 4.69) is 11.6 Å². The molecule has 0 saturated heterocycles. The lowest BCUT2D eigenvalue weighted by molar-refractivity contribution is 1.71. The number of hydrogen-bond donors (Lipinski definition) is 0. The van der Waals surface area contributed by atoms with Crippen molar-refractivity contribution in [3.05, 3.63) is 24.3 Å². The summed E-state index contributed by atoms with van der Waals surface area (Å²) in [6.45, 7) is 3.65. The second-order valence-corrected chi connectivity index (χ2v) is 1.92. The van der Waals surface area contributed by atoms with E-state index in [1.807, 2.05) is 6.08 Å². The van der Waals surface area contributed by atoms with Gasteiger partial charge in [0.15, 0.2) is 0 Å². The number of thiocarbonyl (C=S) groups is 1. The largest absolute Gasteiger partial charge is 0.245 e. The summed E-state index contributed by atoms with van der Waals surface area (Å²) in [5.74, 6) is 0. The molecule has 0 aromatic carbocycles. The first-order chi connectivity index (χ1) is 3.79. The molecule has 0 bridgehead atoms. The normalized spacial score (nSPS) is 17.5. The third-order valence-corrected chi connectivity index (χ3v) is 1.04. The Morgan fingerprint density at radius 1 is 1.50 bits per heavy atom. The van der Waals surface area contributed by atoms with Crippen LogP contribution in [-0.4, -0.2) is 11.2 Å². The monoisotopic (exact) mass is 123 g/mol. The number of allylic oxidation sites excluding steroid dienone is 2. The summed E-state index contributed by atoms with van der Waals surface area (Å²) in [7, 11) is 0. The first-order valence-electron chi connectivity index (χ1n) is 2.24. The molecule has 0 spiro atoms. The molecule has 0 unspecified atom stereocenters. The van der Waals surface area contributed by atoms with Crippen molar-refractivity contribution in [1.29, 1.82) is 0 Å². The lowest BCUT2D eigenvalue weighted by atomic mass is 10.2. The Kier molecular flexibility index (Phi) is 1.35. The second-order valence-electron chi connectivity index (χ2n) is 1.50. The van der Waals surface area contributed by atoms with Gasteiger partial charge >= 0.3 is 0 Å². The van der Waals surface area contributed by atoms with Crippen molar-refractivity contribution in [2.75, 3.05) is 0 Å². The minimum Gasteiger partial charge on any atom is -0.245 e. The Morgan fingerprint density at radius 3 is 2.62 bits per heavy atom. The van der Waals surface area contributed by atoms with E-state index in [1.165, 1.54) is 0 Å². The van der Waals surface area contributed by atoms with Crippen molar-refractivity contribution < 1.29 is 0 Å². The van der Waals surface area contributed by atoms with Crippen molar-refractivity contribution >= 4 is 23.4 Å². The van der Waals surface area contributed by atoms with Gasteiger partial charge in [0.05, 0.1) is 0 Å². The van der Waals surface area contributed by atoms with Crippen LogP contribution in [-0.2, 0) is 0 Å². The zero-order chi connectivity index (χ0) is 5.98. The SMILES string of the molecule is C=C1C=CC(=S)N=C1.